The van der Waals surface area contributed by atoms with E-state index in [1.54, 1.807) is 0 Å². The summed E-state index contributed by atoms with van der Waals surface area (Å²) in [5, 5.41) is 3.48. The molecule has 3 heteroatoms. The third-order valence-corrected chi connectivity index (χ3v) is 3.99. The zero-order chi connectivity index (χ0) is 12.0. The highest BCUT2D eigenvalue weighted by molar-refractivity contribution is 5.77. The lowest BCUT2D eigenvalue weighted by Gasteiger charge is -2.11. The van der Waals surface area contributed by atoms with Gasteiger partial charge in [-0.3, -0.25) is 0 Å². The highest BCUT2D eigenvalue weighted by atomic mass is 15.0. The summed E-state index contributed by atoms with van der Waals surface area (Å²) < 4.78 is 0. The van der Waals surface area contributed by atoms with Gasteiger partial charge in [-0.25, -0.2) is 4.98 Å². The van der Waals surface area contributed by atoms with E-state index < -0.39 is 0 Å². The van der Waals surface area contributed by atoms with Crippen molar-refractivity contribution in [2.75, 3.05) is 6.54 Å². The zero-order valence-electron chi connectivity index (χ0n) is 10.7. The van der Waals surface area contributed by atoms with E-state index >= 15 is 0 Å². The number of H-pyrrole nitrogens is 1. The lowest BCUT2D eigenvalue weighted by atomic mass is 10.0. The van der Waals surface area contributed by atoms with Crippen molar-refractivity contribution >= 4 is 11.0 Å². The van der Waals surface area contributed by atoms with Gasteiger partial charge in [-0.15, -0.1) is 0 Å². The molecule has 2 N–H and O–H groups in total. The molecular weight excluding hydrogens is 210 g/mol. The van der Waals surface area contributed by atoms with Crippen LogP contribution in [0.5, 0.6) is 0 Å². The van der Waals surface area contributed by atoms with Gasteiger partial charge in [-0.2, -0.15) is 0 Å². The molecular formula is C14H19N3. The first kappa shape index (κ1) is 10.8. The maximum Gasteiger partial charge on any atom is 0.111 e. The summed E-state index contributed by atoms with van der Waals surface area (Å²) in [5.74, 6) is 1.67. The minimum atomic E-state index is 0.526. The van der Waals surface area contributed by atoms with Crippen LogP contribution in [0.15, 0.2) is 12.1 Å². The number of aromatic nitrogens is 2. The number of nitrogens with one attached hydrogen (secondary N) is 2. The largest absolute Gasteiger partial charge is 0.342 e. The van der Waals surface area contributed by atoms with Gasteiger partial charge in [0.05, 0.1) is 11.0 Å². The van der Waals surface area contributed by atoms with Crippen molar-refractivity contribution < 1.29 is 0 Å². The number of aromatic amines is 1. The molecule has 2 unspecified atom stereocenters. The van der Waals surface area contributed by atoms with Gasteiger partial charge in [0.2, 0.25) is 0 Å². The van der Waals surface area contributed by atoms with Crippen LogP contribution in [-0.4, -0.2) is 22.6 Å². The predicted octanol–water partition coefficient (Wildman–Crippen LogP) is 2.65. The third-order valence-electron chi connectivity index (χ3n) is 3.99. The Morgan fingerprint density at radius 2 is 2.00 bits per heavy atom. The second-order valence-corrected chi connectivity index (χ2v) is 5.21. The molecule has 0 radical (unpaired) electrons. The first-order valence-corrected chi connectivity index (χ1v) is 6.35. The number of hydrogen-bond acceptors (Lipinski definition) is 2. The number of fused-ring (bicyclic) bond motifs is 1. The molecule has 0 aliphatic carbocycles. The number of aryl methyl sites for hydroxylation is 2. The van der Waals surface area contributed by atoms with Gasteiger partial charge in [0.15, 0.2) is 0 Å². The average molecular weight is 229 g/mol. The number of rotatable bonds is 1. The smallest absolute Gasteiger partial charge is 0.111 e. The molecule has 3 rings (SSSR count). The molecule has 2 atom stereocenters. The fraction of sp³-hybridized carbons (Fsp3) is 0.500. The van der Waals surface area contributed by atoms with Crippen LogP contribution in [0, 0.1) is 13.8 Å². The minimum absolute atomic E-state index is 0.526. The van der Waals surface area contributed by atoms with E-state index in [9.17, 15) is 0 Å². The van der Waals surface area contributed by atoms with Gasteiger partial charge in [-0.05, 0) is 57.0 Å². The number of imidazole rings is 1. The molecule has 0 spiro atoms. The van der Waals surface area contributed by atoms with Crippen LogP contribution in [0.3, 0.4) is 0 Å². The van der Waals surface area contributed by atoms with Gasteiger partial charge in [0.1, 0.15) is 5.82 Å². The number of benzene rings is 1. The van der Waals surface area contributed by atoms with E-state index in [1.807, 2.05) is 0 Å². The van der Waals surface area contributed by atoms with E-state index in [2.05, 4.69) is 43.2 Å². The SMILES string of the molecule is Cc1cc2nc(C3CCNC3C)[nH]c2cc1C. The molecule has 1 aliphatic heterocycles. The molecule has 1 aromatic heterocycles. The fourth-order valence-corrected chi connectivity index (χ4v) is 2.70. The second-order valence-electron chi connectivity index (χ2n) is 5.21. The zero-order valence-corrected chi connectivity index (χ0v) is 10.7. The molecule has 2 aromatic rings. The predicted molar refractivity (Wildman–Crippen MR) is 70.4 cm³/mol. The van der Waals surface area contributed by atoms with Crippen molar-refractivity contribution in [3.63, 3.8) is 0 Å². The molecule has 3 nitrogen and oxygen atoms in total. The quantitative estimate of drug-likeness (QED) is 0.789. The second kappa shape index (κ2) is 3.84. The molecule has 90 valence electrons. The Balaban J connectivity index is 2.07. The van der Waals surface area contributed by atoms with Crippen LogP contribution in [0.2, 0.25) is 0 Å². The molecule has 0 amide bonds. The molecule has 1 aromatic carbocycles. The lowest BCUT2D eigenvalue weighted by Crippen LogP contribution is -2.22. The van der Waals surface area contributed by atoms with Crippen LogP contribution in [0.1, 0.15) is 36.2 Å². The minimum Gasteiger partial charge on any atom is -0.342 e. The molecule has 17 heavy (non-hydrogen) atoms. The summed E-state index contributed by atoms with van der Waals surface area (Å²) in [4.78, 5) is 8.24. The third kappa shape index (κ3) is 1.75. The maximum atomic E-state index is 4.75. The van der Waals surface area contributed by atoms with Crippen molar-refractivity contribution in [1.29, 1.82) is 0 Å². The Morgan fingerprint density at radius 3 is 2.71 bits per heavy atom. The summed E-state index contributed by atoms with van der Waals surface area (Å²) >= 11 is 0. The molecule has 0 saturated carbocycles. The summed E-state index contributed by atoms with van der Waals surface area (Å²) in [5.41, 5.74) is 4.91. The summed E-state index contributed by atoms with van der Waals surface area (Å²) in [6.45, 7) is 7.63. The van der Waals surface area contributed by atoms with Crippen LogP contribution < -0.4 is 5.32 Å². The van der Waals surface area contributed by atoms with Crippen molar-refractivity contribution in [1.82, 2.24) is 15.3 Å². The maximum absolute atomic E-state index is 4.75. The van der Waals surface area contributed by atoms with E-state index in [1.165, 1.54) is 23.1 Å². The average Bonchev–Trinajstić information content (AvgIpc) is 2.85. The van der Waals surface area contributed by atoms with Crippen LogP contribution in [0.4, 0.5) is 0 Å². The first-order valence-electron chi connectivity index (χ1n) is 6.35. The molecule has 1 aliphatic rings. The van der Waals surface area contributed by atoms with Crippen molar-refractivity contribution in [2.24, 2.45) is 0 Å². The molecule has 2 heterocycles. The van der Waals surface area contributed by atoms with Gasteiger partial charge < -0.3 is 10.3 Å². The standard InChI is InChI=1S/C14H19N3/c1-8-6-12-13(7-9(8)2)17-14(16-12)11-4-5-15-10(11)3/h6-7,10-11,15H,4-5H2,1-3H3,(H,16,17). The van der Waals surface area contributed by atoms with Crippen molar-refractivity contribution in [3.05, 3.63) is 29.1 Å². The number of nitrogens with zero attached hydrogens (tertiary/aromatic N) is 1. The van der Waals surface area contributed by atoms with E-state index in [0.29, 0.717) is 12.0 Å². The summed E-state index contributed by atoms with van der Waals surface area (Å²) in [6.07, 6.45) is 1.18. The van der Waals surface area contributed by atoms with Crippen LogP contribution >= 0.6 is 0 Å². The monoisotopic (exact) mass is 229 g/mol. The Morgan fingerprint density at radius 1 is 1.24 bits per heavy atom. The van der Waals surface area contributed by atoms with Crippen LogP contribution in [0.25, 0.3) is 11.0 Å². The van der Waals surface area contributed by atoms with Gasteiger partial charge in [-0.1, -0.05) is 0 Å². The fourth-order valence-electron chi connectivity index (χ4n) is 2.70. The first-order chi connectivity index (χ1) is 8.15. The Bertz CT molecular complexity index is 517. The summed E-state index contributed by atoms with van der Waals surface area (Å²) in [7, 11) is 0. The highest BCUT2D eigenvalue weighted by Crippen LogP contribution is 2.27. The van der Waals surface area contributed by atoms with E-state index in [4.69, 9.17) is 4.98 Å². The molecule has 0 bridgehead atoms. The van der Waals surface area contributed by atoms with Crippen LogP contribution in [-0.2, 0) is 0 Å². The van der Waals surface area contributed by atoms with Crippen molar-refractivity contribution in [2.45, 2.75) is 39.2 Å². The van der Waals surface area contributed by atoms with E-state index in [0.717, 1.165) is 17.9 Å². The molecule has 1 fully saturated rings. The van der Waals surface area contributed by atoms with Gasteiger partial charge in [0.25, 0.3) is 0 Å². The Labute approximate surface area is 102 Å². The molecule has 1 saturated heterocycles. The van der Waals surface area contributed by atoms with E-state index in [-0.39, 0.29) is 0 Å². The number of hydrogen-bond donors (Lipinski definition) is 2. The van der Waals surface area contributed by atoms with Gasteiger partial charge in [0, 0.05) is 12.0 Å². The normalized spacial score (nSPS) is 24.6. The van der Waals surface area contributed by atoms with Gasteiger partial charge >= 0.3 is 0 Å². The summed E-state index contributed by atoms with van der Waals surface area (Å²) in [6, 6.07) is 4.91. The highest BCUT2D eigenvalue weighted by Gasteiger charge is 2.26. The van der Waals surface area contributed by atoms with Crippen molar-refractivity contribution in [3.8, 4) is 0 Å². The lowest BCUT2D eigenvalue weighted by molar-refractivity contribution is 0.574. The Hall–Kier alpha value is -1.35. The Kier molecular flexibility index (Phi) is 2.44. The topological polar surface area (TPSA) is 40.7 Å².